The van der Waals surface area contributed by atoms with Gasteiger partial charge in [0.15, 0.2) is 5.03 Å². The van der Waals surface area contributed by atoms with Gasteiger partial charge in [0.25, 0.3) is 10.0 Å². The number of rotatable bonds is 7. The van der Waals surface area contributed by atoms with E-state index in [1.165, 1.54) is 6.20 Å². The van der Waals surface area contributed by atoms with Gasteiger partial charge in [0.1, 0.15) is 5.82 Å². The Morgan fingerprint density at radius 2 is 2.17 bits per heavy atom. The Kier molecular flexibility index (Phi) is 5.81. The first-order valence-corrected chi connectivity index (χ1v) is 8.63. The number of alkyl halides is 1. The third-order valence-electron chi connectivity index (χ3n) is 2.76. The maximum Gasteiger partial charge on any atom is 0.257 e. The summed E-state index contributed by atoms with van der Waals surface area (Å²) < 4.78 is 27.0. The summed E-state index contributed by atoms with van der Waals surface area (Å²) in [5, 5.41) is 0.904. The Morgan fingerprint density at radius 3 is 2.61 bits per heavy atom. The van der Waals surface area contributed by atoms with Gasteiger partial charge >= 0.3 is 0 Å². The van der Waals surface area contributed by atoms with E-state index in [4.69, 9.17) is 0 Å². The van der Waals surface area contributed by atoms with E-state index in [0.29, 0.717) is 12.2 Å². The van der Waals surface area contributed by atoms with Gasteiger partial charge in [-0.3, -0.25) is 0 Å². The molecule has 1 rings (SSSR count). The van der Waals surface area contributed by atoms with Crippen molar-refractivity contribution in [1.29, 1.82) is 0 Å². The van der Waals surface area contributed by atoms with Crippen molar-refractivity contribution in [3.8, 4) is 0 Å². The molecule has 0 amide bonds. The van der Waals surface area contributed by atoms with Crippen molar-refractivity contribution in [2.45, 2.75) is 44.7 Å². The largest absolute Gasteiger partial charge is 0.332 e. The van der Waals surface area contributed by atoms with Crippen molar-refractivity contribution in [3.63, 3.8) is 0 Å². The lowest BCUT2D eigenvalue weighted by atomic mass is 10.0. The fourth-order valence-corrected chi connectivity index (χ4v) is 3.42. The molecule has 0 radical (unpaired) electrons. The standard InChI is InChI=1S/C11H20BrN3O2S/c1-4-10-13-7-11(14-10)18(16,17)15-9(5-6-12)8(2)3/h7-9,15H,4-6H2,1-3H3,(H,13,14). The Bertz CT molecular complexity index is 470. The number of nitrogens with one attached hydrogen (secondary N) is 2. The summed E-state index contributed by atoms with van der Waals surface area (Å²) in [6, 6.07) is -0.0808. The molecule has 0 bridgehead atoms. The smallest absolute Gasteiger partial charge is 0.257 e. The molecule has 0 spiro atoms. The van der Waals surface area contributed by atoms with Gasteiger partial charge in [-0.05, 0) is 12.3 Å². The second-order valence-electron chi connectivity index (χ2n) is 4.50. The second kappa shape index (κ2) is 6.68. The van der Waals surface area contributed by atoms with Crippen LogP contribution in [0.5, 0.6) is 0 Å². The highest BCUT2D eigenvalue weighted by Gasteiger charge is 2.23. The first-order valence-electron chi connectivity index (χ1n) is 6.02. The van der Waals surface area contributed by atoms with Crippen LogP contribution >= 0.6 is 15.9 Å². The van der Waals surface area contributed by atoms with Gasteiger partial charge in [-0.15, -0.1) is 0 Å². The van der Waals surface area contributed by atoms with Gasteiger partial charge in [0.2, 0.25) is 0 Å². The number of sulfonamides is 1. The number of imidazole rings is 1. The summed E-state index contributed by atoms with van der Waals surface area (Å²) in [6.07, 6.45) is 2.81. The van der Waals surface area contributed by atoms with Crippen molar-refractivity contribution in [2.75, 3.05) is 5.33 Å². The van der Waals surface area contributed by atoms with Crippen LogP contribution in [0.2, 0.25) is 0 Å². The van der Waals surface area contributed by atoms with Gasteiger partial charge < -0.3 is 4.98 Å². The van der Waals surface area contributed by atoms with Crippen LogP contribution < -0.4 is 4.72 Å². The van der Waals surface area contributed by atoms with Gasteiger partial charge in [-0.1, -0.05) is 36.7 Å². The minimum atomic E-state index is -3.50. The summed E-state index contributed by atoms with van der Waals surface area (Å²) in [5.74, 6) is 0.919. The summed E-state index contributed by atoms with van der Waals surface area (Å²) >= 11 is 3.34. The molecule has 104 valence electrons. The number of halogens is 1. The topological polar surface area (TPSA) is 74.8 Å². The van der Waals surface area contributed by atoms with Crippen LogP contribution in [-0.2, 0) is 16.4 Å². The number of aromatic amines is 1. The van der Waals surface area contributed by atoms with Gasteiger partial charge in [-0.2, -0.15) is 0 Å². The Balaban J connectivity index is 2.86. The molecule has 2 N–H and O–H groups in total. The zero-order chi connectivity index (χ0) is 13.8. The van der Waals surface area contributed by atoms with Crippen molar-refractivity contribution in [3.05, 3.63) is 12.0 Å². The molecule has 7 heteroatoms. The number of aromatic nitrogens is 2. The first-order chi connectivity index (χ1) is 8.40. The highest BCUT2D eigenvalue weighted by Crippen LogP contribution is 2.13. The lowest BCUT2D eigenvalue weighted by molar-refractivity contribution is 0.439. The van der Waals surface area contributed by atoms with Crippen LogP contribution in [0.1, 0.15) is 33.0 Å². The number of hydrogen-bond donors (Lipinski definition) is 2. The third kappa shape index (κ3) is 4.07. The van der Waals surface area contributed by atoms with E-state index in [1.54, 1.807) is 0 Å². The second-order valence-corrected chi connectivity index (χ2v) is 6.97. The molecule has 0 saturated carbocycles. The minimum Gasteiger partial charge on any atom is -0.332 e. The molecule has 0 aliphatic rings. The number of H-pyrrole nitrogens is 1. The van der Waals surface area contributed by atoms with E-state index in [-0.39, 0.29) is 17.0 Å². The maximum absolute atomic E-state index is 12.2. The van der Waals surface area contributed by atoms with Crippen molar-refractivity contribution in [2.24, 2.45) is 5.92 Å². The lowest BCUT2D eigenvalue weighted by Gasteiger charge is -2.20. The molecule has 0 aliphatic heterocycles. The van der Waals surface area contributed by atoms with Crippen LogP contribution in [0.25, 0.3) is 0 Å². The van der Waals surface area contributed by atoms with Crippen molar-refractivity contribution in [1.82, 2.24) is 14.7 Å². The molecule has 0 saturated heterocycles. The highest BCUT2D eigenvalue weighted by atomic mass is 79.9. The molecule has 1 unspecified atom stereocenters. The van der Waals surface area contributed by atoms with Crippen LogP contribution in [-0.4, -0.2) is 29.8 Å². The zero-order valence-corrected chi connectivity index (χ0v) is 13.3. The average molecular weight is 338 g/mol. The molecule has 1 atom stereocenters. The molecule has 5 nitrogen and oxygen atoms in total. The van der Waals surface area contributed by atoms with E-state index in [9.17, 15) is 8.42 Å². The number of hydrogen-bond acceptors (Lipinski definition) is 3. The molecular weight excluding hydrogens is 318 g/mol. The predicted molar refractivity (Wildman–Crippen MR) is 75.3 cm³/mol. The lowest BCUT2D eigenvalue weighted by Crippen LogP contribution is -2.38. The quantitative estimate of drug-likeness (QED) is 0.748. The molecule has 0 aliphatic carbocycles. The molecule has 1 heterocycles. The minimum absolute atomic E-state index is 0.0808. The van der Waals surface area contributed by atoms with E-state index >= 15 is 0 Å². The van der Waals surface area contributed by atoms with E-state index in [1.807, 2.05) is 20.8 Å². The predicted octanol–water partition coefficient (Wildman–Crippen LogP) is 2.06. The van der Waals surface area contributed by atoms with Gasteiger partial charge in [0, 0.05) is 17.8 Å². The van der Waals surface area contributed by atoms with Crippen LogP contribution in [0, 0.1) is 5.92 Å². The molecular formula is C11H20BrN3O2S. The number of nitrogens with zero attached hydrogens (tertiary/aromatic N) is 1. The van der Waals surface area contributed by atoms with E-state index < -0.39 is 10.0 Å². The fourth-order valence-electron chi connectivity index (χ4n) is 1.57. The average Bonchev–Trinajstić information content (AvgIpc) is 2.77. The highest BCUT2D eigenvalue weighted by molar-refractivity contribution is 9.09. The van der Waals surface area contributed by atoms with Crippen LogP contribution in [0.4, 0.5) is 0 Å². The van der Waals surface area contributed by atoms with Crippen LogP contribution in [0.15, 0.2) is 11.2 Å². The Hall–Kier alpha value is -0.400. The Morgan fingerprint density at radius 1 is 1.50 bits per heavy atom. The zero-order valence-electron chi connectivity index (χ0n) is 10.9. The van der Waals surface area contributed by atoms with Crippen molar-refractivity contribution < 1.29 is 8.42 Å². The van der Waals surface area contributed by atoms with E-state index in [0.717, 1.165) is 11.8 Å². The molecule has 18 heavy (non-hydrogen) atoms. The monoisotopic (exact) mass is 337 g/mol. The third-order valence-corrected chi connectivity index (χ3v) is 4.62. The fraction of sp³-hybridized carbons (Fsp3) is 0.727. The number of aryl methyl sites for hydroxylation is 1. The normalized spacial score (nSPS) is 14.1. The molecule has 1 aromatic rings. The maximum atomic E-state index is 12.2. The van der Waals surface area contributed by atoms with Crippen LogP contribution in [0.3, 0.4) is 0 Å². The van der Waals surface area contributed by atoms with Gasteiger partial charge in [0.05, 0.1) is 6.20 Å². The summed E-state index contributed by atoms with van der Waals surface area (Å²) in [5.41, 5.74) is 0. The molecule has 0 aromatic carbocycles. The van der Waals surface area contributed by atoms with E-state index in [2.05, 4.69) is 30.6 Å². The Labute approximate surface area is 117 Å². The molecule has 1 aromatic heterocycles. The summed E-state index contributed by atoms with van der Waals surface area (Å²) in [6.45, 7) is 5.92. The SMILES string of the molecule is CCc1ncc(S(=O)(=O)NC(CCBr)C(C)C)[nH]1. The van der Waals surface area contributed by atoms with Gasteiger partial charge in [-0.25, -0.2) is 18.1 Å². The summed E-state index contributed by atoms with van der Waals surface area (Å²) in [7, 11) is -3.50. The summed E-state index contributed by atoms with van der Waals surface area (Å²) in [4.78, 5) is 6.83. The molecule has 0 fully saturated rings. The first kappa shape index (κ1) is 15.7. The van der Waals surface area contributed by atoms with Crippen molar-refractivity contribution >= 4 is 26.0 Å².